The molecule has 1 rings (SSSR count). The maximum absolute atomic E-state index is 11.0. The van der Waals surface area contributed by atoms with Gasteiger partial charge in [-0.05, 0) is 6.07 Å². The van der Waals surface area contributed by atoms with Crippen molar-refractivity contribution < 1.29 is 17.8 Å². The van der Waals surface area contributed by atoms with Crippen molar-refractivity contribution in [1.82, 2.24) is 4.98 Å². The molecule has 0 radical (unpaired) electrons. The van der Waals surface area contributed by atoms with E-state index in [4.69, 9.17) is 4.55 Å². The quantitative estimate of drug-likeness (QED) is 0.538. The molecule has 6 nitrogen and oxygen atoms in total. The van der Waals surface area contributed by atoms with E-state index in [-0.39, 0.29) is 5.56 Å². The zero-order chi connectivity index (χ0) is 10.9. The Labute approximate surface area is 81.3 Å². The zero-order valence-corrected chi connectivity index (χ0v) is 8.69. The van der Waals surface area contributed by atoms with Gasteiger partial charge >= 0.3 is 0 Å². The Morgan fingerprint density at radius 2 is 2.07 bits per heavy atom. The van der Waals surface area contributed by atoms with Crippen molar-refractivity contribution in [2.24, 2.45) is 0 Å². The average Bonchev–Trinajstić information content (AvgIpc) is 2.02. The Hall–Kier alpha value is -1.04. The van der Waals surface area contributed by atoms with Crippen molar-refractivity contribution in [2.45, 2.75) is 4.90 Å². The Morgan fingerprint density at radius 3 is 2.50 bits per heavy atom. The minimum atomic E-state index is -4.41. The minimum Gasteiger partial charge on any atom is -0.327 e. The lowest BCUT2D eigenvalue weighted by Crippen LogP contribution is -2.16. The van der Waals surface area contributed by atoms with Crippen LogP contribution in [-0.2, 0) is 10.1 Å². The van der Waals surface area contributed by atoms with E-state index in [1.807, 2.05) is 4.98 Å². The van der Waals surface area contributed by atoms with Gasteiger partial charge < -0.3 is 4.98 Å². The molecule has 2 N–H and O–H groups in total. The highest BCUT2D eigenvalue weighted by molar-refractivity contribution is 7.85. The van der Waals surface area contributed by atoms with E-state index in [0.29, 0.717) is 0 Å². The molecule has 0 fully saturated rings. The molecule has 1 aromatic heterocycles. The zero-order valence-electron chi connectivity index (χ0n) is 6.72. The van der Waals surface area contributed by atoms with E-state index in [0.717, 1.165) is 12.3 Å². The van der Waals surface area contributed by atoms with Crippen molar-refractivity contribution in [3.63, 3.8) is 0 Å². The summed E-state index contributed by atoms with van der Waals surface area (Å²) in [5, 5.41) is 0. The molecule has 0 amide bonds. The van der Waals surface area contributed by atoms with Gasteiger partial charge in [-0.15, -0.1) is 0 Å². The lowest BCUT2D eigenvalue weighted by Gasteiger charge is -1.98. The molecule has 1 heterocycles. The van der Waals surface area contributed by atoms with Gasteiger partial charge in [-0.2, -0.15) is 8.42 Å². The van der Waals surface area contributed by atoms with E-state index in [1.165, 1.54) is 0 Å². The fourth-order valence-electron chi connectivity index (χ4n) is 0.796. The van der Waals surface area contributed by atoms with Crippen molar-refractivity contribution in [3.05, 3.63) is 28.2 Å². The Balaban J connectivity index is 3.50. The van der Waals surface area contributed by atoms with Crippen molar-refractivity contribution in [1.29, 1.82) is 0 Å². The van der Waals surface area contributed by atoms with Gasteiger partial charge in [0.1, 0.15) is 4.90 Å². The van der Waals surface area contributed by atoms with Crippen LogP contribution in [-0.4, -0.2) is 23.5 Å². The van der Waals surface area contributed by atoms with Gasteiger partial charge in [0.15, 0.2) is 5.52 Å². The molecule has 76 valence electrons. The molecule has 0 saturated heterocycles. The summed E-state index contributed by atoms with van der Waals surface area (Å²) in [5.41, 5.74) is -1.71. The number of nitrogens with one attached hydrogen (secondary N) is 1. The number of hydrogen-bond donors (Lipinski definition) is 2. The van der Waals surface area contributed by atoms with E-state index in [2.05, 4.69) is 0 Å². The lowest BCUT2D eigenvalue weighted by atomic mass is 10.3. The molecule has 0 aromatic carbocycles. The third kappa shape index (κ3) is 2.25. The molecular weight excluding hydrogens is 229 g/mol. The fraction of sp³-hybridized carbons (Fsp3) is 0. The van der Waals surface area contributed by atoms with Crippen LogP contribution in [0.2, 0.25) is 0 Å². The van der Waals surface area contributed by atoms with Gasteiger partial charge in [-0.3, -0.25) is 14.1 Å². The van der Waals surface area contributed by atoms with Crippen LogP contribution in [0.1, 0.15) is 10.4 Å². The first-order chi connectivity index (χ1) is 6.32. The molecule has 0 saturated carbocycles. The molecule has 8 heteroatoms. The Morgan fingerprint density at radius 1 is 1.50 bits per heavy atom. The van der Waals surface area contributed by atoms with Crippen molar-refractivity contribution >= 4 is 24.9 Å². The number of carbonyl (C=O) groups is 1. The number of rotatable bonds is 2. The molecule has 0 bridgehead atoms. The van der Waals surface area contributed by atoms with Crippen LogP contribution in [0.4, 0.5) is 0 Å². The second kappa shape index (κ2) is 3.61. The number of aromatic amines is 1. The molecule has 1 unspecified atom stereocenters. The molecule has 1 aromatic rings. The molecule has 0 aliphatic rings. The largest absolute Gasteiger partial charge is 0.327 e. The Bertz CT molecular complexity index is 531. The topological polar surface area (TPSA) is 104 Å². The van der Waals surface area contributed by atoms with Crippen LogP contribution in [0.15, 0.2) is 22.0 Å². The molecule has 1 atom stereocenters. The summed E-state index contributed by atoms with van der Waals surface area (Å²) in [6.45, 7) is 0. The number of carbonyl (C=O) groups excluding carboxylic acids is 1. The summed E-state index contributed by atoms with van der Waals surface area (Å²) in [4.78, 5) is 23.3. The number of pyridine rings is 1. The summed E-state index contributed by atoms with van der Waals surface area (Å²) in [5.74, 6) is 0. The van der Waals surface area contributed by atoms with Crippen LogP contribution in [0, 0.1) is 0 Å². The molecule has 0 aliphatic carbocycles. The molecular formula is C6H6NO5PS. The molecule has 0 aliphatic heterocycles. The van der Waals surface area contributed by atoms with Crippen LogP contribution in [0.5, 0.6) is 0 Å². The van der Waals surface area contributed by atoms with Gasteiger partial charge in [0.05, 0.1) is 5.56 Å². The summed E-state index contributed by atoms with van der Waals surface area (Å²) in [6, 6.07) is 0.809. The van der Waals surface area contributed by atoms with Crippen LogP contribution in [0.25, 0.3) is 0 Å². The number of hydrogen-bond acceptors (Lipinski definition) is 4. The van der Waals surface area contributed by atoms with E-state index in [1.54, 1.807) is 9.24 Å². The molecule has 14 heavy (non-hydrogen) atoms. The lowest BCUT2D eigenvalue weighted by molar-refractivity contribution is 0.108. The second-order valence-corrected chi connectivity index (χ2v) is 4.36. The summed E-state index contributed by atoms with van der Waals surface area (Å²) < 4.78 is 29.9. The van der Waals surface area contributed by atoms with Gasteiger partial charge in [-0.25, -0.2) is 0 Å². The van der Waals surface area contributed by atoms with E-state index < -0.39 is 26.1 Å². The highest BCUT2D eigenvalue weighted by atomic mass is 32.2. The van der Waals surface area contributed by atoms with Crippen LogP contribution in [0.3, 0.4) is 0 Å². The highest BCUT2D eigenvalue weighted by Crippen LogP contribution is 2.08. The van der Waals surface area contributed by atoms with Gasteiger partial charge in [-0.1, -0.05) is 9.24 Å². The smallest absolute Gasteiger partial charge is 0.295 e. The number of H-pyrrole nitrogens is 1. The summed E-state index contributed by atoms with van der Waals surface area (Å²) in [7, 11) is -2.67. The third-order valence-corrected chi connectivity index (χ3v) is 2.58. The molecule has 0 spiro atoms. The standard InChI is InChI=1S/C6H6NO5PS/c8-5-4(6(9)13)1-3(2-7-5)14(10,11)12/h1-2H,13H2,(H,7,8)(H,10,11,12). The number of aromatic nitrogens is 1. The third-order valence-electron chi connectivity index (χ3n) is 1.44. The highest BCUT2D eigenvalue weighted by Gasteiger charge is 2.14. The maximum Gasteiger partial charge on any atom is 0.295 e. The van der Waals surface area contributed by atoms with Crippen molar-refractivity contribution in [2.75, 3.05) is 0 Å². The first-order valence-electron chi connectivity index (χ1n) is 3.32. The van der Waals surface area contributed by atoms with E-state index >= 15 is 0 Å². The van der Waals surface area contributed by atoms with Gasteiger partial charge in [0.25, 0.3) is 15.7 Å². The van der Waals surface area contributed by atoms with E-state index in [9.17, 15) is 18.0 Å². The normalized spacial score (nSPS) is 11.3. The summed E-state index contributed by atoms with van der Waals surface area (Å²) >= 11 is 0. The predicted octanol–water partition coefficient (Wildman–Crippen LogP) is -0.363. The van der Waals surface area contributed by atoms with Crippen molar-refractivity contribution in [3.8, 4) is 0 Å². The monoisotopic (exact) mass is 235 g/mol. The first kappa shape index (κ1) is 11.0. The minimum absolute atomic E-state index is 0.342. The van der Waals surface area contributed by atoms with Gasteiger partial charge in [0, 0.05) is 6.20 Å². The fourth-order valence-corrected chi connectivity index (χ4v) is 1.48. The maximum atomic E-state index is 11.0. The summed E-state index contributed by atoms with van der Waals surface area (Å²) in [6.07, 6.45) is 0.814. The average molecular weight is 235 g/mol. The van der Waals surface area contributed by atoms with Gasteiger partial charge in [0.2, 0.25) is 0 Å². The Kier molecular flexibility index (Phi) is 2.84. The van der Waals surface area contributed by atoms with Crippen LogP contribution >= 0.6 is 9.24 Å². The first-order valence-corrected chi connectivity index (χ1v) is 5.34. The second-order valence-electron chi connectivity index (χ2n) is 2.42. The SMILES string of the molecule is O=C(P)c1cc(S(=O)(=O)O)c[nH]c1=O. The van der Waals surface area contributed by atoms with Crippen LogP contribution < -0.4 is 5.56 Å². The predicted molar refractivity (Wildman–Crippen MR) is 50.9 cm³/mol.